The van der Waals surface area contributed by atoms with Crippen LogP contribution in [0.4, 0.5) is 0 Å². The minimum absolute atomic E-state index is 0.0369. The van der Waals surface area contributed by atoms with Crippen molar-refractivity contribution in [2.24, 2.45) is 23.0 Å². The fourth-order valence-corrected chi connectivity index (χ4v) is 3.84. The lowest BCUT2D eigenvalue weighted by Crippen LogP contribution is -2.80. The molecule has 20 heavy (non-hydrogen) atoms. The van der Waals surface area contributed by atoms with Crippen molar-refractivity contribution in [3.05, 3.63) is 0 Å². The maximum atomic E-state index is 12.7. The summed E-state index contributed by atoms with van der Waals surface area (Å²) in [5.41, 5.74) is 5.29. The molecule has 0 aromatic heterocycles. The number of rotatable bonds is 5. The Kier molecular flexibility index (Phi) is 4.15. The molecule has 2 rings (SSSR count). The van der Waals surface area contributed by atoms with Crippen molar-refractivity contribution in [3.8, 4) is 0 Å². The highest BCUT2D eigenvalue weighted by Crippen LogP contribution is 2.58. The van der Waals surface area contributed by atoms with Crippen LogP contribution in [0.1, 0.15) is 40.5 Å². The van der Waals surface area contributed by atoms with Gasteiger partial charge in [-0.15, -0.1) is 0 Å². The van der Waals surface area contributed by atoms with Crippen LogP contribution in [-0.4, -0.2) is 41.9 Å². The number of carbonyl (C=O) groups is 1. The third-order valence-electron chi connectivity index (χ3n) is 5.39. The first-order valence-corrected chi connectivity index (χ1v) is 7.59. The molecule has 116 valence electrons. The second kappa shape index (κ2) is 5.28. The van der Waals surface area contributed by atoms with Crippen molar-refractivity contribution in [3.63, 3.8) is 0 Å². The molecule has 4 atom stereocenters. The van der Waals surface area contributed by atoms with Crippen molar-refractivity contribution in [2.75, 3.05) is 13.2 Å². The molecule has 1 aliphatic carbocycles. The Balaban J connectivity index is 2.11. The maximum absolute atomic E-state index is 12.7. The first-order valence-electron chi connectivity index (χ1n) is 7.59. The smallest absolute Gasteiger partial charge is 0.241 e. The van der Waals surface area contributed by atoms with Gasteiger partial charge < -0.3 is 20.9 Å². The molecule has 1 heterocycles. The van der Waals surface area contributed by atoms with Gasteiger partial charge in [0.25, 0.3) is 0 Å². The first kappa shape index (κ1) is 15.7. The van der Waals surface area contributed by atoms with E-state index in [0.717, 1.165) is 6.42 Å². The number of ether oxygens (including phenoxy) is 1. The minimum Gasteiger partial charge on any atom is -0.396 e. The number of carbonyl (C=O) groups excluding carboxylic acids is 1. The average Bonchev–Trinajstić information content (AvgIpc) is 2.84. The molecule has 5 heteroatoms. The predicted molar refractivity (Wildman–Crippen MR) is 77.0 cm³/mol. The van der Waals surface area contributed by atoms with Crippen LogP contribution in [0.15, 0.2) is 0 Å². The topological polar surface area (TPSA) is 84.6 Å². The van der Waals surface area contributed by atoms with Crippen LogP contribution in [0, 0.1) is 17.3 Å². The Morgan fingerprint density at radius 3 is 2.70 bits per heavy atom. The Morgan fingerprint density at radius 2 is 2.15 bits per heavy atom. The lowest BCUT2D eigenvalue weighted by Gasteiger charge is -2.61. The summed E-state index contributed by atoms with van der Waals surface area (Å²) in [6.45, 7) is 8.86. The Hall–Kier alpha value is -0.650. The molecule has 1 saturated carbocycles. The molecule has 0 spiro atoms. The van der Waals surface area contributed by atoms with E-state index in [0.29, 0.717) is 13.0 Å². The van der Waals surface area contributed by atoms with Crippen LogP contribution < -0.4 is 11.1 Å². The summed E-state index contributed by atoms with van der Waals surface area (Å²) in [7, 11) is 0. The van der Waals surface area contributed by atoms with Gasteiger partial charge in [-0.3, -0.25) is 4.79 Å². The summed E-state index contributed by atoms with van der Waals surface area (Å²) >= 11 is 0. The van der Waals surface area contributed by atoms with E-state index in [-0.39, 0.29) is 41.9 Å². The number of hydrogen-bond acceptors (Lipinski definition) is 4. The fraction of sp³-hybridized carbons (Fsp3) is 0.933. The molecule has 2 aliphatic rings. The van der Waals surface area contributed by atoms with E-state index < -0.39 is 5.54 Å². The summed E-state index contributed by atoms with van der Waals surface area (Å²) < 4.78 is 5.71. The highest BCUT2D eigenvalue weighted by molar-refractivity contribution is 5.89. The largest absolute Gasteiger partial charge is 0.396 e. The molecule has 0 bridgehead atoms. The molecule has 4 unspecified atom stereocenters. The zero-order chi connectivity index (χ0) is 15.1. The summed E-state index contributed by atoms with van der Waals surface area (Å²) in [6, 6.07) is -0.0369. The first-order chi connectivity index (χ1) is 9.26. The van der Waals surface area contributed by atoms with Crippen LogP contribution in [0.25, 0.3) is 0 Å². The zero-order valence-electron chi connectivity index (χ0n) is 13.0. The van der Waals surface area contributed by atoms with E-state index in [1.807, 2.05) is 27.7 Å². The van der Waals surface area contributed by atoms with Crippen LogP contribution in [0.3, 0.4) is 0 Å². The van der Waals surface area contributed by atoms with Crippen molar-refractivity contribution in [1.29, 1.82) is 0 Å². The van der Waals surface area contributed by atoms with Crippen molar-refractivity contribution in [2.45, 2.75) is 58.2 Å². The standard InChI is InChI=1S/C15H28N2O3/c1-9(2)11(5-7-18)17-13(19)15(16)10-6-8-20-12(10)14(15,3)4/h9-12,18H,5-8,16H2,1-4H3,(H,17,19). The van der Waals surface area contributed by atoms with Crippen molar-refractivity contribution < 1.29 is 14.6 Å². The van der Waals surface area contributed by atoms with Gasteiger partial charge in [-0.25, -0.2) is 0 Å². The van der Waals surface area contributed by atoms with Crippen molar-refractivity contribution >= 4 is 5.91 Å². The van der Waals surface area contributed by atoms with Crippen LogP contribution in [0.2, 0.25) is 0 Å². The summed E-state index contributed by atoms with van der Waals surface area (Å²) in [6.07, 6.45) is 1.50. The summed E-state index contributed by atoms with van der Waals surface area (Å²) in [4.78, 5) is 12.7. The summed E-state index contributed by atoms with van der Waals surface area (Å²) in [5.74, 6) is 0.286. The molecule has 0 aromatic carbocycles. The molecule has 4 N–H and O–H groups in total. The van der Waals surface area contributed by atoms with Crippen LogP contribution in [-0.2, 0) is 9.53 Å². The highest BCUT2D eigenvalue weighted by atomic mass is 16.5. The van der Waals surface area contributed by atoms with E-state index >= 15 is 0 Å². The second-order valence-corrected chi connectivity index (χ2v) is 7.11. The SMILES string of the molecule is CC(C)C(CCO)NC(=O)C1(N)C2CCOC2C1(C)C. The van der Waals surface area contributed by atoms with Gasteiger partial charge in [0, 0.05) is 30.6 Å². The molecule has 2 fully saturated rings. The van der Waals surface area contributed by atoms with Gasteiger partial charge in [0.05, 0.1) is 6.10 Å². The predicted octanol–water partition coefficient (Wildman–Crippen LogP) is 0.652. The Morgan fingerprint density at radius 1 is 1.50 bits per heavy atom. The van der Waals surface area contributed by atoms with Gasteiger partial charge in [-0.2, -0.15) is 0 Å². The third kappa shape index (κ3) is 2.07. The molecule has 0 radical (unpaired) electrons. The number of fused-ring (bicyclic) bond motifs is 1. The molecule has 1 amide bonds. The van der Waals surface area contributed by atoms with Gasteiger partial charge in [0.15, 0.2) is 0 Å². The van der Waals surface area contributed by atoms with Gasteiger partial charge in [-0.05, 0) is 18.8 Å². The number of nitrogens with one attached hydrogen (secondary N) is 1. The van der Waals surface area contributed by atoms with Gasteiger partial charge in [0.1, 0.15) is 5.54 Å². The van der Waals surface area contributed by atoms with E-state index in [9.17, 15) is 4.79 Å². The molecule has 5 nitrogen and oxygen atoms in total. The van der Waals surface area contributed by atoms with Crippen molar-refractivity contribution in [1.82, 2.24) is 5.32 Å². The Bertz CT molecular complexity index is 383. The number of hydrogen-bond donors (Lipinski definition) is 3. The monoisotopic (exact) mass is 284 g/mol. The number of aliphatic hydroxyl groups excluding tert-OH is 1. The van der Waals surface area contributed by atoms with E-state index in [2.05, 4.69) is 5.32 Å². The van der Waals surface area contributed by atoms with E-state index in [1.54, 1.807) is 0 Å². The van der Waals surface area contributed by atoms with Crippen LogP contribution >= 0.6 is 0 Å². The molecule has 0 aromatic rings. The minimum atomic E-state index is -0.864. The lowest BCUT2D eigenvalue weighted by molar-refractivity contribution is -0.176. The number of nitrogens with two attached hydrogens (primary N) is 1. The molecule has 1 aliphatic heterocycles. The molecular weight excluding hydrogens is 256 g/mol. The lowest BCUT2D eigenvalue weighted by atomic mass is 9.48. The third-order valence-corrected chi connectivity index (χ3v) is 5.39. The number of aliphatic hydroxyl groups is 1. The van der Waals surface area contributed by atoms with Gasteiger partial charge in [0.2, 0.25) is 5.91 Å². The fourth-order valence-electron chi connectivity index (χ4n) is 3.84. The number of amides is 1. The summed E-state index contributed by atoms with van der Waals surface area (Å²) in [5, 5.41) is 12.2. The van der Waals surface area contributed by atoms with Gasteiger partial charge >= 0.3 is 0 Å². The average molecular weight is 284 g/mol. The molecular formula is C15H28N2O3. The van der Waals surface area contributed by atoms with E-state index in [4.69, 9.17) is 15.6 Å². The highest BCUT2D eigenvalue weighted by Gasteiger charge is 2.71. The quantitative estimate of drug-likeness (QED) is 0.692. The zero-order valence-corrected chi connectivity index (χ0v) is 13.0. The normalized spacial score (nSPS) is 36.4. The second-order valence-electron chi connectivity index (χ2n) is 7.11. The Labute approximate surface area is 121 Å². The van der Waals surface area contributed by atoms with E-state index in [1.165, 1.54) is 0 Å². The van der Waals surface area contributed by atoms with Gasteiger partial charge in [-0.1, -0.05) is 27.7 Å². The molecule has 1 saturated heterocycles. The van der Waals surface area contributed by atoms with Crippen LogP contribution in [0.5, 0.6) is 0 Å². The maximum Gasteiger partial charge on any atom is 0.241 e.